The molecule has 0 aromatic heterocycles. The third kappa shape index (κ3) is 4.34. The van der Waals surface area contributed by atoms with E-state index in [4.69, 9.17) is 15.1 Å². The lowest BCUT2D eigenvalue weighted by Gasteiger charge is -2.32. The average molecular weight is 751 g/mol. The monoisotopic (exact) mass is 750 g/mol. The third-order valence-electron chi connectivity index (χ3n) is 11.3. The fourth-order valence-electron chi connectivity index (χ4n) is 8.84. The van der Waals surface area contributed by atoms with E-state index in [9.17, 15) is 19.2 Å². The SMILES string of the molecule is [2H]c1cc(N(c2cc([2H])c([2H])c([2H])c2[2H])c2cc([2H])c3c(c2[2H])C2(c4ccc([2H])c([2H])c4-c4c([2H])c([2H])c([2H])c([2H])c42)c2c([2H])c([2H])c4c([2H])c([2H])c([2H])c([2H])c4c2-3)cc(-c2c([2H])c([2H])c3c(c2[2H])C(C)(C)c2c-3ccc([2H])c2[2H])c1[2H]. The Bertz CT molecular complexity index is 4570. The van der Waals surface area contributed by atoms with Crippen molar-refractivity contribution in [2.45, 2.75) is 24.7 Å². The summed E-state index contributed by atoms with van der Waals surface area (Å²) in [5.74, 6) is 0. The van der Waals surface area contributed by atoms with Crippen LogP contribution in [-0.4, -0.2) is 0 Å². The minimum Gasteiger partial charge on any atom is -0.310 e. The lowest BCUT2D eigenvalue weighted by atomic mass is 9.70. The summed E-state index contributed by atoms with van der Waals surface area (Å²) in [5, 5.41) is -0.857. The van der Waals surface area contributed by atoms with Crippen molar-refractivity contribution in [1.82, 2.24) is 0 Å². The molecule has 3 aliphatic rings. The molecule has 268 valence electrons. The normalized spacial score (nSPS) is 22.2. The van der Waals surface area contributed by atoms with E-state index in [0.717, 1.165) is 23.1 Å². The van der Waals surface area contributed by atoms with E-state index in [-0.39, 0.29) is 79.4 Å². The maximum absolute atomic E-state index is 10.7. The van der Waals surface area contributed by atoms with Gasteiger partial charge in [-0.25, -0.2) is 0 Å². The Balaban J connectivity index is 1.27. The molecule has 1 nitrogen and oxygen atoms in total. The summed E-state index contributed by atoms with van der Waals surface area (Å²) in [6.45, 7) is 3.39. The second-order valence-corrected chi connectivity index (χ2v) is 14.5. The Kier molecular flexibility index (Phi) is 3.36. The highest BCUT2D eigenvalue weighted by Gasteiger charge is 2.52. The fraction of sp³-hybridized carbons (Fsp3) is 0.0714. The molecule has 12 rings (SSSR count). The number of fused-ring (bicyclic) bond motifs is 15. The molecule has 1 heteroatoms. The summed E-state index contributed by atoms with van der Waals surface area (Å²) in [5.41, 5.74) is -7.03. The van der Waals surface area contributed by atoms with Gasteiger partial charge in [0.1, 0.15) is 0 Å². The van der Waals surface area contributed by atoms with Crippen molar-refractivity contribution >= 4 is 27.8 Å². The van der Waals surface area contributed by atoms with Crippen molar-refractivity contribution in [3.8, 4) is 44.5 Å². The molecular formula is C56H39N. The van der Waals surface area contributed by atoms with Crippen LogP contribution in [0.1, 0.15) is 81.5 Å². The van der Waals surface area contributed by atoms with Crippen LogP contribution in [-0.2, 0) is 10.8 Å². The molecule has 0 saturated heterocycles. The molecule has 1 spiro atoms. The molecule has 3 aliphatic carbocycles. The minimum atomic E-state index is -2.49. The Morgan fingerprint density at radius 3 is 2.16 bits per heavy atom. The van der Waals surface area contributed by atoms with E-state index in [1.54, 1.807) is 19.9 Å². The fourth-order valence-corrected chi connectivity index (χ4v) is 8.84. The van der Waals surface area contributed by atoms with Crippen molar-refractivity contribution in [3.05, 3.63) is 233 Å². The molecule has 0 aliphatic heterocycles. The highest BCUT2D eigenvalue weighted by molar-refractivity contribution is 6.06. The number of para-hydroxylation sites is 1. The average Bonchev–Trinajstić information content (AvgIpc) is 1.59. The Morgan fingerprint density at radius 1 is 0.421 bits per heavy atom. The van der Waals surface area contributed by atoms with Gasteiger partial charge in [0.25, 0.3) is 0 Å². The van der Waals surface area contributed by atoms with Crippen LogP contribution in [0.4, 0.5) is 17.1 Å². The van der Waals surface area contributed by atoms with Crippen molar-refractivity contribution in [1.29, 1.82) is 0 Å². The molecule has 0 heterocycles. The molecule has 0 radical (unpaired) electrons. The minimum absolute atomic E-state index is 0.120. The van der Waals surface area contributed by atoms with Crippen LogP contribution in [0.25, 0.3) is 55.3 Å². The van der Waals surface area contributed by atoms with E-state index in [1.807, 2.05) is 0 Å². The summed E-state index contributed by atoms with van der Waals surface area (Å²) in [6, 6.07) is -5.80. The molecule has 57 heavy (non-hydrogen) atoms. The number of rotatable bonds is 4. The van der Waals surface area contributed by atoms with Gasteiger partial charge >= 0.3 is 0 Å². The van der Waals surface area contributed by atoms with Gasteiger partial charge < -0.3 is 4.90 Å². The standard InChI is InChI=1S/C56H39N/c1-55(2)48-24-11-8-21-43(48)46-30-27-38(34-52(46)55)37-16-14-19-40(33-37)57(39-17-4-3-5-18-39)41-29-31-47-53(35-41)56(51-32-28-36-15-6-7-20-42(36)54(47)51)49-25-12-9-22-44(49)45-23-10-13-26-50(45)56/h3-35H,1-2H3/i3D,4D,5D,6D,7D,9D,10D,11D,12D,14D,15D,16D,17D,20D,22D,23D,24D,25D,27D,28D,30D,31D,32D,34D,35D. The summed E-state index contributed by atoms with van der Waals surface area (Å²) < 4.78 is 232. The molecule has 0 saturated carbocycles. The van der Waals surface area contributed by atoms with E-state index in [0.29, 0.717) is 11.1 Å². The van der Waals surface area contributed by atoms with Crippen molar-refractivity contribution < 1.29 is 34.3 Å². The van der Waals surface area contributed by atoms with Crippen LogP contribution in [0.15, 0.2) is 200 Å². The smallest absolute Gasteiger partial charge is 0.0726 e. The summed E-state index contributed by atoms with van der Waals surface area (Å²) in [4.78, 5) is 1.06. The second kappa shape index (κ2) is 11.8. The number of hydrogen-bond donors (Lipinski definition) is 0. The molecule has 0 amide bonds. The summed E-state index contributed by atoms with van der Waals surface area (Å²) >= 11 is 0. The highest BCUT2D eigenvalue weighted by Crippen LogP contribution is 2.64. The molecular weight excluding hydrogens is 687 g/mol. The van der Waals surface area contributed by atoms with Crippen LogP contribution in [0.3, 0.4) is 0 Å². The molecule has 0 fully saturated rings. The van der Waals surface area contributed by atoms with Gasteiger partial charge in [0.05, 0.1) is 39.7 Å². The van der Waals surface area contributed by atoms with Gasteiger partial charge in [-0.2, -0.15) is 0 Å². The molecule has 1 atom stereocenters. The topological polar surface area (TPSA) is 3.24 Å². The number of benzene rings is 9. The van der Waals surface area contributed by atoms with Crippen LogP contribution in [0, 0.1) is 0 Å². The zero-order chi connectivity index (χ0) is 59.6. The molecule has 0 N–H and O–H groups in total. The second-order valence-electron chi connectivity index (χ2n) is 14.5. The Morgan fingerprint density at radius 2 is 1.19 bits per heavy atom. The molecule has 1 unspecified atom stereocenters. The predicted molar refractivity (Wildman–Crippen MR) is 238 cm³/mol. The van der Waals surface area contributed by atoms with Crippen LogP contribution < -0.4 is 4.90 Å². The van der Waals surface area contributed by atoms with Crippen LogP contribution in [0.2, 0.25) is 0 Å². The van der Waals surface area contributed by atoms with Gasteiger partial charge in [-0.3, -0.25) is 0 Å². The predicted octanol–water partition coefficient (Wildman–Crippen LogP) is 14.6. The zero-order valence-electron chi connectivity index (χ0n) is 55.1. The lowest BCUT2D eigenvalue weighted by molar-refractivity contribution is 0.660. The maximum atomic E-state index is 10.7. The summed E-state index contributed by atoms with van der Waals surface area (Å²) in [7, 11) is 0. The largest absolute Gasteiger partial charge is 0.310 e. The van der Waals surface area contributed by atoms with E-state index < -0.39 is 177 Å². The highest BCUT2D eigenvalue weighted by atomic mass is 15.1. The van der Waals surface area contributed by atoms with Crippen LogP contribution >= 0.6 is 0 Å². The van der Waals surface area contributed by atoms with E-state index in [2.05, 4.69) is 0 Å². The molecule has 9 aromatic carbocycles. The van der Waals surface area contributed by atoms with E-state index in [1.165, 1.54) is 24.3 Å². The van der Waals surface area contributed by atoms with Gasteiger partial charge in [0.2, 0.25) is 0 Å². The first kappa shape index (κ1) is 16.3. The first-order valence-corrected chi connectivity index (χ1v) is 18.1. The van der Waals surface area contributed by atoms with Gasteiger partial charge in [-0.1, -0.05) is 171 Å². The number of hydrogen-bond acceptors (Lipinski definition) is 1. The van der Waals surface area contributed by atoms with Crippen molar-refractivity contribution in [3.63, 3.8) is 0 Å². The van der Waals surface area contributed by atoms with Gasteiger partial charge in [0, 0.05) is 22.5 Å². The number of anilines is 3. The van der Waals surface area contributed by atoms with Crippen molar-refractivity contribution in [2.75, 3.05) is 4.90 Å². The van der Waals surface area contributed by atoms with E-state index >= 15 is 0 Å². The lowest BCUT2D eigenvalue weighted by Crippen LogP contribution is -2.26. The number of nitrogens with zero attached hydrogens (tertiary/aromatic N) is 1. The molecule has 0 bridgehead atoms. The maximum Gasteiger partial charge on any atom is 0.0726 e. The first-order chi connectivity index (χ1) is 38.4. The summed E-state index contributed by atoms with van der Waals surface area (Å²) in [6.07, 6.45) is 0. The van der Waals surface area contributed by atoms with Gasteiger partial charge in [-0.15, -0.1) is 0 Å². The third-order valence-corrected chi connectivity index (χ3v) is 11.3. The zero-order valence-corrected chi connectivity index (χ0v) is 30.1. The van der Waals surface area contributed by atoms with Crippen LogP contribution in [0.5, 0.6) is 0 Å². The van der Waals surface area contributed by atoms with Gasteiger partial charge in [-0.05, 0) is 131 Å². The molecule has 9 aromatic rings. The quantitative estimate of drug-likeness (QED) is 0.173. The van der Waals surface area contributed by atoms with Crippen molar-refractivity contribution in [2.24, 2.45) is 0 Å². The Hall–Kier alpha value is -6.96. The van der Waals surface area contributed by atoms with Gasteiger partial charge in [0.15, 0.2) is 0 Å². The first-order valence-electron chi connectivity index (χ1n) is 30.6. The Labute approximate surface area is 369 Å².